The van der Waals surface area contributed by atoms with E-state index in [9.17, 15) is 14.0 Å². The third kappa shape index (κ3) is 6.72. The van der Waals surface area contributed by atoms with E-state index in [2.05, 4.69) is 24.4 Å². The summed E-state index contributed by atoms with van der Waals surface area (Å²) in [6, 6.07) is 10.6. The topological polar surface area (TPSA) is 75.7 Å². The summed E-state index contributed by atoms with van der Waals surface area (Å²) in [5.41, 5.74) is 2.77. The van der Waals surface area contributed by atoms with E-state index in [4.69, 9.17) is 9.47 Å². The van der Waals surface area contributed by atoms with Crippen molar-refractivity contribution in [2.24, 2.45) is 5.41 Å². The smallest absolute Gasteiger partial charge is 0.223 e. The van der Waals surface area contributed by atoms with Crippen molar-refractivity contribution in [3.05, 3.63) is 47.8 Å². The zero-order chi connectivity index (χ0) is 28.0. The number of carbonyl (C=O) groups is 2. The molecule has 0 bridgehead atoms. The van der Waals surface area contributed by atoms with Crippen LogP contribution in [-0.4, -0.2) is 67.6 Å². The van der Waals surface area contributed by atoms with E-state index >= 15 is 0 Å². The standard InChI is InChI=1S/C31H42FN3O4/c1-5-31(18-29(37)35(21-31)25-12-13-28(36)34(4)20-25)14-15-33-19-22-16-26(38-6-2)30(27(17-22)39-7-3)23-8-10-24(32)11-9-23/h8-11,16-17,25,33H,5-7,12-15,18-21H2,1-4H3/p+1. The summed E-state index contributed by atoms with van der Waals surface area (Å²) in [5.74, 6) is 1.58. The predicted molar refractivity (Wildman–Crippen MR) is 149 cm³/mol. The molecule has 0 radical (unpaired) electrons. The lowest BCUT2D eigenvalue weighted by molar-refractivity contribution is -0.672. The first kappa shape index (κ1) is 28.9. The number of quaternary nitrogens is 1. The Hall–Kier alpha value is -3.13. The van der Waals surface area contributed by atoms with Crippen LogP contribution in [-0.2, 0) is 16.1 Å². The van der Waals surface area contributed by atoms with Gasteiger partial charge in [-0.05, 0) is 56.5 Å². The van der Waals surface area contributed by atoms with Gasteiger partial charge >= 0.3 is 0 Å². The zero-order valence-corrected chi connectivity index (χ0v) is 23.8. The van der Waals surface area contributed by atoms with Crippen molar-refractivity contribution < 1.29 is 28.8 Å². The molecule has 2 fully saturated rings. The zero-order valence-electron chi connectivity index (χ0n) is 23.8. The molecule has 2 amide bonds. The number of likely N-dealkylation sites (tertiary alicyclic amines) is 2. The van der Waals surface area contributed by atoms with E-state index in [0.29, 0.717) is 32.6 Å². The molecule has 2 unspecified atom stereocenters. The first-order valence-electron chi connectivity index (χ1n) is 14.3. The van der Waals surface area contributed by atoms with Crippen molar-refractivity contribution in [3.8, 4) is 22.6 Å². The first-order valence-corrected chi connectivity index (χ1v) is 14.3. The number of hydrogen-bond donors (Lipinski definition) is 1. The van der Waals surface area contributed by atoms with Crippen LogP contribution in [0.2, 0.25) is 0 Å². The van der Waals surface area contributed by atoms with E-state index in [1.165, 1.54) is 12.1 Å². The Kier molecular flexibility index (Phi) is 9.49. The maximum atomic E-state index is 13.6. The van der Waals surface area contributed by atoms with Crippen molar-refractivity contribution in [2.75, 3.05) is 39.9 Å². The molecule has 2 saturated heterocycles. The van der Waals surface area contributed by atoms with Gasteiger partial charge in [0.15, 0.2) is 0 Å². The molecule has 4 rings (SSSR count). The Morgan fingerprint density at radius 1 is 1.03 bits per heavy atom. The van der Waals surface area contributed by atoms with Crippen LogP contribution in [0.1, 0.15) is 58.4 Å². The van der Waals surface area contributed by atoms with Crippen LogP contribution in [0.15, 0.2) is 36.4 Å². The molecule has 2 N–H and O–H groups in total. The molecular weight excluding hydrogens is 497 g/mol. The fourth-order valence-corrected chi connectivity index (χ4v) is 5.96. The molecule has 39 heavy (non-hydrogen) atoms. The molecule has 0 aliphatic carbocycles. The normalized spacial score (nSPS) is 21.5. The third-order valence-electron chi connectivity index (χ3n) is 8.26. The summed E-state index contributed by atoms with van der Waals surface area (Å²) in [6.07, 6.45) is 3.78. The second kappa shape index (κ2) is 12.8. The monoisotopic (exact) mass is 540 g/mol. The second-order valence-electron chi connectivity index (χ2n) is 10.9. The highest BCUT2D eigenvalue weighted by Crippen LogP contribution is 2.41. The van der Waals surface area contributed by atoms with Crippen LogP contribution < -0.4 is 14.8 Å². The van der Waals surface area contributed by atoms with Gasteiger partial charge < -0.3 is 24.6 Å². The maximum Gasteiger partial charge on any atom is 0.223 e. The highest BCUT2D eigenvalue weighted by atomic mass is 19.1. The van der Waals surface area contributed by atoms with Gasteiger partial charge in [-0.2, -0.15) is 0 Å². The predicted octanol–water partition coefficient (Wildman–Crippen LogP) is 3.99. The number of benzene rings is 2. The fourth-order valence-electron chi connectivity index (χ4n) is 5.96. The summed E-state index contributed by atoms with van der Waals surface area (Å²) in [7, 11) is 1.83. The molecule has 2 atom stereocenters. The number of amides is 2. The number of halogens is 1. The maximum absolute atomic E-state index is 13.6. The lowest BCUT2D eigenvalue weighted by Crippen LogP contribution is -2.83. The number of carbonyl (C=O) groups excluding carboxylic acids is 2. The Labute approximate surface area is 231 Å². The quantitative estimate of drug-likeness (QED) is 0.413. The highest BCUT2D eigenvalue weighted by molar-refractivity contribution is 5.81. The van der Waals surface area contributed by atoms with Gasteiger partial charge in [0, 0.05) is 56.4 Å². The van der Waals surface area contributed by atoms with Gasteiger partial charge in [-0.3, -0.25) is 9.59 Å². The molecule has 0 spiro atoms. The first-order chi connectivity index (χ1) is 18.8. The van der Waals surface area contributed by atoms with Gasteiger partial charge in [0.1, 0.15) is 23.9 Å². The van der Waals surface area contributed by atoms with Crippen molar-refractivity contribution in [1.29, 1.82) is 0 Å². The average Bonchev–Trinajstić information content (AvgIpc) is 3.26. The lowest BCUT2D eigenvalue weighted by atomic mass is 9.81. The van der Waals surface area contributed by atoms with Gasteiger partial charge in [0.2, 0.25) is 11.8 Å². The molecule has 0 aromatic heterocycles. The summed E-state index contributed by atoms with van der Waals surface area (Å²) >= 11 is 0. The number of nitrogens with two attached hydrogens (primary N) is 1. The Balaban J connectivity index is 1.42. The molecule has 2 aliphatic rings. The van der Waals surface area contributed by atoms with Gasteiger partial charge in [0.05, 0.1) is 25.3 Å². The van der Waals surface area contributed by atoms with Gasteiger partial charge in [-0.1, -0.05) is 19.1 Å². The van der Waals surface area contributed by atoms with Crippen LogP contribution in [0.5, 0.6) is 11.5 Å². The number of nitrogens with zero attached hydrogens (tertiary/aromatic N) is 2. The molecule has 2 aliphatic heterocycles. The Bertz CT molecular complexity index is 1130. The van der Waals surface area contributed by atoms with Crippen LogP contribution in [0.3, 0.4) is 0 Å². The average molecular weight is 541 g/mol. The third-order valence-corrected chi connectivity index (χ3v) is 8.26. The number of hydrogen-bond acceptors (Lipinski definition) is 4. The van der Waals surface area contributed by atoms with E-state index in [0.717, 1.165) is 67.1 Å². The summed E-state index contributed by atoms with van der Waals surface area (Å²) in [6.45, 7) is 10.2. The Morgan fingerprint density at radius 2 is 1.69 bits per heavy atom. The van der Waals surface area contributed by atoms with E-state index in [-0.39, 0.29) is 29.1 Å². The minimum Gasteiger partial charge on any atom is -0.493 e. The minimum absolute atomic E-state index is 0.0208. The molecule has 7 nitrogen and oxygen atoms in total. The molecule has 8 heteroatoms. The second-order valence-corrected chi connectivity index (χ2v) is 10.9. The van der Waals surface area contributed by atoms with E-state index < -0.39 is 0 Å². The molecule has 0 saturated carbocycles. The van der Waals surface area contributed by atoms with Crippen LogP contribution >= 0.6 is 0 Å². The van der Waals surface area contributed by atoms with Crippen LogP contribution in [0.25, 0.3) is 11.1 Å². The van der Waals surface area contributed by atoms with Gasteiger partial charge in [0.25, 0.3) is 0 Å². The largest absolute Gasteiger partial charge is 0.493 e. The van der Waals surface area contributed by atoms with E-state index in [1.807, 2.05) is 25.8 Å². The van der Waals surface area contributed by atoms with Crippen molar-refractivity contribution in [3.63, 3.8) is 0 Å². The Morgan fingerprint density at radius 3 is 2.28 bits per heavy atom. The molecule has 2 heterocycles. The number of piperidine rings is 1. The summed E-state index contributed by atoms with van der Waals surface area (Å²) < 4.78 is 25.6. The molecular formula is C31H43FN3O4+. The van der Waals surface area contributed by atoms with Crippen molar-refractivity contribution >= 4 is 11.8 Å². The summed E-state index contributed by atoms with van der Waals surface area (Å²) in [5, 5.41) is 2.29. The SMILES string of the molecule is CCOc1cc(C[NH2+]CCC2(CC)CC(=O)N(C3CCC(=O)N(C)C3)C2)cc(OCC)c1-c1ccc(F)cc1. The van der Waals surface area contributed by atoms with Crippen molar-refractivity contribution in [1.82, 2.24) is 9.80 Å². The highest BCUT2D eigenvalue weighted by Gasteiger charge is 2.45. The summed E-state index contributed by atoms with van der Waals surface area (Å²) in [4.78, 5) is 28.7. The molecule has 2 aromatic rings. The number of rotatable bonds is 12. The molecule has 2 aromatic carbocycles. The molecule has 212 valence electrons. The minimum atomic E-state index is -0.279. The lowest BCUT2D eigenvalue weighted by Gasteiger charge is -2.37. The van der Waals surface area contributed by atoms with Crippen LogP contribution in [0.4, 0.5) is 4.39 Å². The van der Waals surface area contributed by atoms with Gasteiger partial charge in [-0.25, -0.2) is 4.39 Å². The van der Waals surface area contributed by atoms with Crippen LogP contribution in [0, 0.1) is 11.2 Å². The number of ether oxygens (including phenoxy) is 2. The van der Waals surface area contributed by atoms with E-state index in [1.54, 1.807) is 17.0 Å². The van der Waals surface area contributed by atoms with Crippen molar-refractivity contribution in [2.45, 2.75) is 65.5 Å². The van der Waals surface area contributed by atoms with Gasteiger partial charge in [-0.15, -0.1) is 0 Å². The fraction of sp³-hybridized carbons (Fsp3) is 0.548. The number of likely N-dealkylation sites (N-methyl/N-ethyl adjacent to an activating group) is 1.